The summed E-state index contributed by atoms with van der Waals surface area (Å²) in [5.74, 6) is 0.838. The van der Waals surface area contributed by atoms with E-state index in [0.29, 0.717) is 0 Å². The molecule has 0 saturated carbocycles. The Hall–Kier alpha value is -1.64. The van der Waals surface area contributed by atoms with E-state index in [4.69, 9.17) is 4.74 Å². The van der Waals surface area contributed by atoms with E-state index in [9.17, 15) is 0 Å². The summed E-state index contributed by atoms with van der Waals surface area (Å²) in [7, 11) is 1.65. The number of fused-ring (bicyclic) bond motifs is 1. The Morgan fingerprint density at radius 1 is 1.00 bits per heavy atom. The first-order valence-corrected chi connectivity index (χ1v) is 6.06. The van der Waals surface area contributed by atoms with Crippen molar-refractivity contribution in [3.63, 3.8) is 0 Å². The van der Waals surface area contributed by atoms with Crippen LogP contribution in [0.25, 0.3) is 10.9 Å². The summed E-state index contributed by atoms with van der Waals surface area (Å²) in [4.78, 5) is 8.27. The molecule has 1 aromatic carbocycles. The maximum atomic E-state index is 5.12. The van der Waals surface area contributed by atoms with Crippen LogP contribution >= 0.6 is 0 Å². The molecule has 0 unspecified atom stereocenters. The molecule has 17 heavy (non-hydrogen) atoms. The monoisotopic (exact) mass is 234 g/mol. The number of hydrogen-bond acceptors (Lipinski definition) is 3. The SMILES string of the molecule is CC.CC.COc1ccc2ncnc(C)c2c1. The largest absolute Gasteiger partial charge is 0.497 e. The first-order chi connectivity index (χ1) is 8.31. The molecule has 0 aliphatic heterocycles. The lowest BCUT2D eigenvalue weighted by molar-refractivity contribution is 0.415. The molecule has 3 nitrogen and oxygen atoms in total. The summed E-state index contributed by atoms with van der Waals surface area (Å²) >= 11 is 0. The minimum atomic E-state index is 0.838. The zero-order chi connectivity index (χ0) is 13.3. The van der Waals surface area contributed by atoms with Crippen molar-refractivity contribution in [2.75, 3.05) is 7.11 Å². The molecule has 2 rings (SSSR count). The van der Waals surface area contributed by atoms with Gasteiger partial charge in [0.05, 0.1) is 12.6 Å². The molecule has 0 saturated heterocycles. The average molecular weight is 234 g/mol. The minimum absolute atomic E-state index is 0.838. The Morgan fingerprint density at radius 3 is 2.24 bits per heavy atom. The van der Waals surface area contributed by atoms with Gasteiger partial charge in [-0.1, -0.05) is 27.7 Å². The van der Waals surface area contributed by atoms with Crippen molar-refractivity contribution in [3.05, 3.63) is 30.2 Å². The third-order valence-electron chi connectivity index (χ3n) is 2.04. The lowest BCUT2D eigenvalue weighted by atomic mass is 10.2. The highest BCUT2D eigenvalue weighted by atomic mass is 16.5. The molecule has 0 aliphatic carbocycles. The Morgan fingerprint density at radius 2 is 1.65 bits per heavy atom. The quantitative estimate of drug-likeness (QED) is 0.748. The third-order valence-corrected chi connectivity index (χ3v) is 2.04. The average Bonchev–Trinajstić information content (AvgIpc) is 2.43. The van der Waals surface area contributed by atoms with Gasteiger partial charge in [-0.2, -0.15) is 0 Å². The van der Waals surface area contributed by atoms with Crippen molar-refractivity contribution in [1.82, 2.24) is 9.97 Å². The topological polar surface area (TPSA) is 35.0 Å². The van der Waals surface area contributed by atoms with Crippen LogP contribution in [0.2, 0.25) is 0 Å². The van der Waals surface area contributed by atoms with Crippen LogP contribution in [0.3, 0.4) is 0 Å². The van der Waals surface area contributed by atoms with Gasteiger partial charge in [0.25, 0.3) is 0 Å². The van der Waals surface area contributed by atoms with Gasteiger partial charge < -0.3 is 4.74 Å². The summed E-state index contributed by atoms with van der Waals surface area (Å²) in [6, 6.07) is 5.78. The fourth-order valence-electron chi connectivity index (χ4n) is 1.29. The Balaban J connectivity index is 0.000000581. The summed E-state index contributed by atoms with van der Waals surface area (Å²) < 4.78 is 5.12. The zero-order valence-electron chi connectivity index (χ0n) is 11.6. The van der Waals surface area contributed by atoms with Gasteiger partial charge in [-0.25, -0.2) is 9.97 Å². The van der Waals surface area contributed by atoms with Crippen molar-refractivity contribution >= 4 is 10.9 Å². The second kappa shape index (κ2) is 8.50. The van der Waals surface area contributed by atoms with Gasteiger partial charge in [0.15, 0.2) is 0 Å². The van der Waals surface area contributed by atoms with E-state index in [1.807, 2.05) is 52.8 Å². The van der Waals surface area contributed by atoms with Gasteiger partial charge in [0, 0.05) is 11.1 Å². The van der Waals surface area contributed by atoms with Crippen LogP contribution in [0, 0.1) is 6.92 Å². The van der Waals surface area contributed by atoms with E-state index >= 15 is 0 Å². The van der Waals surface area contributed by atoms with Crippen LogP contribution in [0.1, 0.15) is 33.4 Å². The standard InChI is InChI=1S/C10H10N2O.2C2H6/c1-7-9-5-8(13-2)3-4-10(9)12-6-11-7;2*1-2/h3-6H,1-2H3;2*1-2H3. The molecule has 0 atom stereocenters. The molecule has 3 heteroatoms. The second-order valence-corrected chi connectivity index (χ2v) is 2.84. The predicted octanol–water partition coefficient (Wildman–Crippen LogP) is 4.00. The van der Waals surface area contributed by atoms with E-state index in [2.05, 4.69) is 9.97 Å². The van der Waals surface area contributed by atoms with Crippen LogP contribution in [0.5, 0.6) is 5.75 Å². The maximum absolute atomic E-state index is 5.12. The smallest absolute Gasteiger partial charge is 0.119 e. The number of aryl methyl sites for hydroxylation is 1. The van der Waals surface area contributed by atoms with Crippen molar-refractivity contribution in [1.29, 1.82) is 0 Å². The van der Waals surface area contributed by atoms with Gasteiger partial charge in [0.2, 0.25) is 0 Å². The molecule has 0 spiro atoms. The summed E-state index contributed by atoms with van der Waals surface area (Å²) in [5, 5.41) is 1.04. The fraction of sp³-hybridized carbons (Fsp3) is 0.429. The van der Waals surface area contributed by atoms with E-state index in [0.717, 1.165) is 22.3 Å². The van der Waals surface area contributed by atoms with Gasteiger partial charge >= 0.3 is 0 Å². The molecule has 94 valence electrons. The molecular formula is C14H22N2O. The molecule has 0 amide bonds. The van der Waals surface area contributed by atoms with Crippen molar-refractivity contribution in [3.8, 4) is 5.75 Å². The highest BCUT2D eigenvalue weighted by molar-refractivity contribution is 5.81. The second-order valence-electron chi connectivity index (χ2n) is 2.84. The van der Waals surface area contributed by atoms with Gasteiger partial charge in [-0.3, -0.25) is 0 Å². The number of hydrogen-bond donors (Lipinski definition) is 0. The Bertz CT molecular complexity index is 441. The molecule has 0 fully saturated rings. The molecule has 0 N–H and O–H groups in total. The normalized spacial score (nSPS) is 8.59. The van der Waals surface area contributed by atoms with Crippen LogP contribution in [-0.2, 0) is 0 Å². The fourth-order valence-corrected chi connectivity index (χ4v) is 1.29. The number of nitrogens with zero attached hydrogens (tertiary/aromatic N) is 2. The van der Waals surface area contributed by atoms with E-state index < -0.39 is 0 Å². The Labute approximate surface area is 104 Å². The minimum Gasteiger partial charge on any atom is -0.497 e. The van der Waals surface area contributed by atoms with Crippen molar-refractivity contribution < 1.29 is 4.74 Å². The lowest BCUT2D eigenvalue weighted by Gasteiger charge is -2.02. The van der Waals surface area contributed by atoms with Crippen LogP contribution in [0.15, 0.2) is 24.5 Å². The Kier molecular flexibility index (Phi) is 7.68. The van der Waals surface area contributed by atoms with Crippen LogP contribution in [-0.4, -0.2) is 17.1 Å². The summed E-state index contributed by atoms with van der Waals surface area (Å²) in [5.41, 5.74) is 1.93. The number of aromatic nitrogens is 2. The number of methoxy groups -OCH3 is 1. The number of benzene rings is 1. The molecular weight excluding hydrogens is 212 g/mol. The van der Waals surface area contributed by atoms with Gasteiger partial charge in [-0.15, -0.1) is 0 Å². The van der Waals surface area contributed by atoms with E-state index in [1.165, 1.54) is 0 Å². The van der Waals surface area contributed by atoms with Crippen LogP contribution in [0.4, 0.5) is 0 Å². The third kappa shape index (κ3) is 4.02. The molecule has 1 aromatic heterocycles. The maximum Gasteiger partial charge on any atom is 0.119 e. The predicted molar refractivity (Wildman–Crippen MR) is 73.5 cm³/mol. The van der Waals surface area contributed by atoms with Gasteiger partial charge in [0.1, 0.15) is 12.1 Å². The molecule has 0 radical (unpaired) electrons. The molecule has 2 aromatic rings. The van der Waals surface area contributed by atoms with E-state index in [-0.39, 0.29) is 0 Å². The highest BCUT2D eigenvalue weighted by Crippen LogP contribution is 2.20. The molecule has 0 aliphatic rings. The summed E-state index contributed by atoms with van der Waals surface area (Å²) in [6.07, 6.45) is 1.57. The molecule has 1 heterocycles. The first kappa shape index (κ1) is 15.4. The highest BCUT2D eigenvalue weighted by Gasteiger charge is 2.00. The summed E-state index contributed by atoms with van der Waals surface area (Å²) in [6.45, 7) is 9.96. The lowest BCUT2D eigenvalue weighted by Crippen LogP contribution is -1.88. The molecule has 0 bridgehead atoms. The van der Waals surface area contributed by atoms with Crippen molar-refractivity contribution in [2.24, 2.45) is 0 Å². The first-order valence-electron chi connectivity index (χ1n) is 6.06. The van der Waals surface area contributed by atoms with Crippen molar-refractivity contribution in [2.45, 2.75) is 34.6 Å². The van der Waals surface area contributed by atoms with E-state index in [1.54, 1.807) is 13.4 Å². The van der Waals surface area contributed by atoms with Crippen LogP contribution < -0.4 is 4.74 Å². The number of rotatable bonds is 1. The van der Waals surface area contributed by atoms with Gasteiger partial charge in [-0.05, 0) is 25.1 Å². The zero-order valence-corrected chi connectivity index (χ0v) is 11.6. The number of ether oxygens (including phenoxy) is 1.